The Morgan fingerprint density at radius 2 is 1.90 bits per heavy atom. The van der Waals surface area contributed by atoms with Crippen LogP contribution in [-0.2, 0) is 17.3 Å². The van der Waals surface area contributed by atoms with E-state index in [1.54, 1.807) is 6.92 Å². The number of halogens is 3. The lowest BCUT2D eigenvalue weighted by molar-refractivity contribution is -0.137. The van der Waals surface area contributed by atoms with Crippen LogP contribution in [0.5, 0.6) is 0 Å². The first-order valence-corrected chi connectivity index (χ1v) is 9.76. The molecule has 0 radical (unpaired) electrons. The highest BCUT2D eigenvalue weighted by molar-refractivity contribution is 6.08. The Bertz CT molecular complexity index is 991. The Hall–Kier alpha value is -2.81. The van der Waals surface area contributed by atoms with Gasteiger partial charge in [0, 0.05) is 31.5 Å². The van der Waals surface area contributed by atoms with Gasteiger partial charge in [0.2, 0.25) is 0 Å². The van der Waals surface area contributed by atoms with Crippen molar-refractivity contribution in [1.82, 2.24) is 0 Å². The van der Waals surface area contributed by atoms with Gasteiger partial charge in [-0.1, -0.05) is 0 Å². The molecule has 0 spiro atoms. The van der Waals surface area contributed by atoms with Gasteiger partial charge >= 0.3 is 6.18 Å². The standard InChI is InChI=1S/C21H21F3N2O4/c1-12-18-16(27)3-2-4-17(18)30-19(12)20(28)25-14-11-13(21(22,23)24)5-6-15(14)26-7-9-29-10-8-26/h5-6,11H,2-4,7-10H2,1H3,(H,25,28). The summed E-state index contributed by atoms with van der Waals surface area (Å²) >= 11 is 0. The highest BCUT2D eigenvalue weighted by Gasteiger charge is 2.33. The van der Waals surface area contributed by atoms with Crippen molar-refractivity contribution < 1.29 is 31.9 Å². The number of nitrogens with zero attached hydrogens (tertiary/aromatic N) is 1. The highest BCUT2D eigenvalue weighted by Crippen LogP contribution is 2.36. The minimum absolute atomic E-state index is 0.0387. The molecule has 1 amide bonds. The Morgan fingerprint density at radius 3 is 2.57 bits per heavy atom. The van der Waals surface area contributed by atoms with Crippen LogP contribution in [0.25, 0.3) is 0 Å². The molecule has 1 aliphatic heterocycles. The largest absolute Gasteiger partial charge is 0.455 e. The number of nitrogens with one attached hydrogen (secondary N) is 1. The summed E-state index contributed by atoms with van der Waals surface area (Å²) in [5, 5.41) is 2.57. The Morgan fingerprint density at radius 1 is 1.17 bits per heavy atom. The molecule has 1 aliphatic carbocycles. The van der Waals surface area contributed by atoms with Crippen molar-refractivity contribution in [2.24, 2.45) is 0 Å². The summed E-state index contributed by atoms with van der Waals surface area (Å²) in [5.41, 5.74) is 0.498. The second kappa shape index (κ2) is 7.79. The molecular weight excluding hydrogens is 401 g/mol. The number of carbonyl (C=O) groups is 2. The normalized spacial score (nSPS) is 17.1. The van der Waals surface area contributed by atoms with Crippen LogP contribution in [0.15, 0.2) is 22.6 Å². The maximum absolute atomic E-state index is 13.3. The van der Waals surface area contributed by atoms with E-state index in [4.69, 9.17) is 9.15 Å². The number of anilines is 2. The third-order valence-electron chi connectivity index (χ3n) is 5.44. The van der Waals surface area contributed by atoms with Crippen molar-refractivity contribution in [3.63, 3.8) is 0 Å². The molecule has 1 saturated heterocycles. The molecule has 2 heterocycles. The zero-order chi connectivity index (χ0) is 21.5. The summed E-state index contributed by atoms with van der Waals surface area (Å²) in [7, 11) is 0. The van der Waals surface area contributed by atoms with Gasteiger partial charge in [0.25, 0.3) is 5.91 Å². The van der Waals surface area contributed by atoms with Crippen molar-refractivity contribution in [2.75, 3.05) is 36.5 Å². The van der Waals surface area contributed by atoms with Crippen molar-refractivity contribution >= 4 is 23.1 Å². The van der Waals surface area contributed by atoms with Gasteiger partial charge in [0.1, 0.15) is 5.76 Å². The number of aryl methyl sites for hydroxylation is 1. The van der Waals surface area contributed by atoms with Crippen molar-refractivity contribution in [1.29, 1.82) is 0 Å². The lowest BCUT2D eigenvalue weighted by atomic mass is 9.94. The minimum atomic E-state index is -4.55. The fourth-order valence-corrected chi connectivity index (χ4v) is 3.94. The van der Waals surface area contributed by atoms with Crippen LogP contribution in [0.4, 0.5) is 24.5 Å². The first-order chi connectivity index (χ1) is 14.3. The van der Waals surface area contributed by atoms with Gasteiger partial charge in [-0.05, 0) is 31.5 Å². The molecule has 0 bridgehead atoms. The topological polar surface area (TPSA) is 71.8 Å². The predicted octanol–water partition coefficient (Wildman–Crippen LogP) is 4.21. The predicted molar refractivity (Wildman–Crippen MR) is 103 cm³/mol. The molecule has 2 aliphatic rings. The van der Waals surface area contributed by atoms with E-state index in [2.05, 4.69) is 5.32 Å². The summed E-state index contributed by atoms with van der Waals surface area (Å²) in [6.45, 7) is 3.50. The van der Waals surface area contributed by atoms with Gasteiger partial charge in [-0.25, -0.2) is 0 Å². The second-order valence-electron chi connectivity index (χ2n) is 7.41. The molecule has 0 atom stereocenters. The maximum atomic E-state index is 13.3. The zero-order valence-corrected chi connectivity index (χ0v) is 16.4. The van der Waals surface area contributed by atoms with Crippen LogP contribution in [0, 0.1) is 6.92 Å². The van der Waals surface area contributed by atoms with Crippen LogP contribution < -0.4 is 10.2 Å². The number of fused-ring (bicyclic) bond motifs is 1. The fraction of sp³-hybridized carbons (Fsp3) is 0.429. The second-order valence-corrected chi connectivity index (χ2v) is 7.41. The van der Waals surface area contributed by atoms with E-state index in [1.807, 2.05) is 4.90 Å². The molecule has 1 aromatic carbocycles. The van der Waals surface area contributed by atoms with Crippen LogP contribution in [0.3, 0.4) is 0 Å². The summed E-state index contributed by atoms with van der Waals surface area (Å²) in [4.78, 5) is 27.0. The van der Waals surface area contributed by atoms with Crippen LogP contribution in [0.1, 0.15) is 50.6 Å². The van der Waals surface area contributed by atoms with Gasteiger partial charge in [-0.2, -0.15) is 13.2 Å². The molecular formula is C21H21F3N2O4. The van der Waals surface area contributed by atoms with Crippen LogP contribution in [-0.4, -0.2) is 38.0 Å². The van der Waals surface area contributed by atoms with Gasteiger partial charge in [-0.3, -0.25) is 9.59 Å². The van der Waals surface area contributed by atoms with E-state index in [9.17, 15) is 22.8 Å². The van der Waals surface area contributed by atoms with Crippen LogP contribution in [0.2, 0.25) is 0 Å². The van der Waals surface area contributed by atoms with Gasteiger partial charge in [0.05, 0.1) is 35.7 Å². The smallest absolute Gasteiger partial charge is 0.416 e. The Balaban J connectivity index is 1.69. The number of ketones is 1. The van der Waals surface area contributed by atoms with Gasteiger partial charge < -0.3 is 19.4 Å². The molecule has 0 saturated carbocycles. The Kier molecular flexibility index (Phi) is 5.31. The molecule has 160 valence electrons. The summed E-state index contributed by atoms with van der Waals surface area (Å²) < 4.78 is 50.7. The van der Waals surface area contributed by atoms with Gasteiger partial charge in [-0.15, -0.1) is 0 Å². The Labute approximate surface area is 171 Å². The number of hydrogen-bond donors (Lipinski definition) is 1. The molecule has 30 heavy (non-hydrogen) atoms. The van der Waals surface area contributed by atoms with E-state index in [0.29, 0.717) is 68.1 Å². The summed E-state index contributed by atoms with van der Waals surface area (Å²) in [6, 6.07) is 3.27. The van der Waals surface area contributed by atoms with Crippen molar-refractivity contribution in [3.8, 4) is 0 Å². The first-order valence-electron chi connectivity index (χ1n) is 9.76. The van der Waals surface area contributed by atoms with E-state index >= 15 is 0 Å². The fourth-order valence-electron chi connectivity index (χ4n) is 3.94. The number of hydrogen-bond acceptors (Lipinski definition) is 5. The number of ether oxygens (including phenoxy) is 1. The van der Waals surface area contributed by atoms with E-state index in [1.165, 1.54) is 6.07 Å². The van der Waals surface area contributed by atoms with E-state index < -0.39 is 17.6 Å². The monoisotopic (exact) mass is 422 g/mol. The van der Waals surface area contributed by atoms with Crippen molar-refractivity contribution in [3.05, 3.63) is 46.4 Å². The quantitative estimate of drug-likeness (QED) is 0.802. The lowest BCUT2D eigenvalue weighted by Gasteiger charge is -2.31. The number of Topliss-reactive ketones (excluding diaryl/α,β-unsaturated/α-hetero) is 1. The minimum Gasteiger partial charge on any atom is -0.455 e. The maximum Gasteiger partial charge on any atom is 0.416 e. The number of rotatable bonds is 3. The number of benzene rings is 1. The molecule has 9 heteroatoms. The number of furan rings is 1. The molecule has 4 rings (SSSR count). The van der Waals surface area contributed by atoms with E-state index in [0.717, 1.165) is 12.1 Å². The molecule has 1 N–H and O–H groups in total. The first kappa shape index (κ1) is 20.5. The van der Waals surface area contributed by atoms with Crippen molar-refractivity contribution in [2.45, 2.75) is 32.4 Å². The number of carbonyl (C=O) groups excluding carboxylic acids is 2. The zero-order valence-electron chi connectivity index (χ0n) is 16.4. The summed E-state index contributed by atoms with van der Waals surface area (Å²) in [5.74, 6) is -0.333. The lowest BCUT2D eigenvalue weighted by Crippen LogP contribution is -2.36. The van der Waals surface area contributed by atoms with Gasteiger partial charge in [0.15, 0.2) is 11.5 Å². The van der Waals surface area contributed by atoms with E-state index in [-0.39, 0.29) is 17.2 Å². The average Bonchev–Trinajstić information content (AvgIpc) is 3.06. The number of morpholine rings is 1. The molecule has 1 aromatic heterocycles. The number of alkyl halides is 3. The third-order valence-corrected chi connectivity index (χ3v) is 5.44. The SMILES string of the molecule is Cc1c(C(=O)Nc2cc(C(F)(F)F)ccc2N2CCOCC2)oc2c1C(=O)CCC2. The molecule has 0 unspecified atom stereocenters. The highest BCUT2D eigenvalue weighted by atomic mass is 19.4. The molecule has 1 fully saturated rings. The third kappa shape index (κ3) is 3.81. The molecule has 2 aromatic rings. The molecule has 6 nitrogen and oxygen atoms in total. The summed E-state index contributed by atoms with van der Waals surface area (Å²) in [6.07, 6.45) is -2.95. The number of amides is 1. The average molecular weight is 422 g/mol. The van der Waals surface area contributed by atoms with Crippen LogP contribution >= 0.6 is 0 Å².